The van der Waals surface area contributed by atoms with Gasteiger partial charge in [0, 0.05) is 23.8 Å². The summed E-state index contributed by atoms with van der Waals surface area (Å²) in [6.45, 7) is -0.0345. The highest BCUT2D eigenvalue weighted by molar-refractivity contribution is 8.72. The van der Waals surface area contributed by atoms with Crippen molar-refractivity contribution in [2.45, 2.75) is 11.9 Å². The van der Waals surface area contributed by atoms with Gasteiger partial charge in [-0.1, -0.05) is 0 Å². The van der Waals surface area contributed by atoms with E-state index in [2.05, 4.69) is 4.18 Å². The molecule has 0 amide bonds. The highest BCUT2D eigenvalue weighted by Crippen LogP contribution is 2.36. The maximum atomic E-state index is 10.2. The Labute approximate surface area is 56.7 Å². The van der Waals surface area contributed by atoms with Crippen molar-refractivity contribution in [3.8, 4) is 0 Å². The van der Waals surface area contributed by atoms with Crippen LogP contribution in [0.25, 0.3) is 0 Å². The van der Waals surface area contributed by atoms with Gasteiger partial charge in [0.05, 0.1) is 0 Å². The van der Waals surface area contributed by atoms with Crippen LogP contribution < -0.4 is 0 Å². The molecule has 54 valence electrons. The van der Waals surface area contributed by atoms with E-state index in [0.717, 1.165) is 10.8 Å². The van der Waals surface area contributed by atoms with Crippen LogP contribution in [0.3, 0.4) is 0 Å². The maximum Gasteiger partial charge on any atom is 0.325 e. The van der Waals surface area contributed by atoms with Gasteiger partial charge in [0.25, 0.3) is 0 Å². The first kappa shape index (κ1) is 7.33. The first-order valence-corrected chi connectivity index (χ1v) is 5.17. The zero-order chi connectivity index (χ0) is 6.91. The third-order valence-corrected chi connectivity index (χ3v) is 3.77. The smallest absolute Gasteiger partial charge is 0.325 e. The SMILES string of the molecule is O=S1(=O)OC(CCO)S1. The van der Waals surface area contributed by atoms with Gasteiger partial charge in [-0.15, -0.1) is 0 Å². The van der Waals surface area contributed by atoms with E-state index in [1.165, 1.54) is 0 Å². The monoisotopic (exact) mass is 170 g/mol. The summed E-state index contributed by atoms with van der Waals surface area (Å²) >= 11 is 0. The Bertz CT molecular complexity index is 172. The molecule has 1 unspecified atom stereocenters. The third kappa shape index (κ3) is 1.82. The van der Waals surface area contributed by atoms with E-state index < -0.39 is 9.15 Å². The largest absolute Gasteiger partial charge is 0.396 e. The molecule has 0 bridgehead atoms. The van der Waals surface area contributed by atoms with E-state index in [1.54, 1.807) is 0 Å². The molecule has 1 heterocycles. The second kappa shape index (κ2) is 2.45. The fraction of sp³-hybridized carbons (Fsp3) is 1.00. The van der Waals surface area contributed by atoms with Crippen LogP contribution in [0.1, 0.15) is 6.42 Å². The number of hydrogen-bond donors (Lipinski definition) is 1. The molecule has 1 fully saturated rings. The lowest BCUT2D eigenvalue weighted by Crippen LogP contribution is -2.26. The van der Waals surface area contributed by atoms with E-state index in [9.17, 15) is 8.42 Å². The maximum absolute atomic E-state index is 10.2. The van der Waals surface area contributed by atoms with Gasteiger partial charge in [-0.3, -0.25) is 0 Å². The second-order valence-corrected chi connectivity index (χ2v) is 5.07. The topological polar surface area (TPSA) is 63.6 Å². The zero-order valence-electron chi connectivity index (χ0n) is 4.48. The van der Waals surface area contributed by atoms with E-state index in [1.807, 2.05) is 0 Å². The summed E-state index contributed by atoms with van der Waals surface area (Å²) < 4.78 is 24.8. The van der Waals surface area contributed by atoms with Gasteiger partial charge in [0.15, 0.2) is 0 Å². The van der Waals surface area contributed by atoms with Gasteiger partial charge in [-0.25, -0.2) is 4.18 Å². The Kier molecular flexibility index (Phi) is 2.00. The molecule has 4 nitrogen and oxygen atoms in total. The van der Waals surface area contributed by atoms with Crippen LogP contribution in [-0.2, 0) is 13.3 Å². The molecular weight excluding hydrogens is 164 g/mol. The lowest BCUT2D eigenvalue weighted by molar-refractivity contribution is 0.213. The van der Waals surface area contributed by atoms with Gasteiger partial charge in [-0.2, -0.15) is 8.42 Å². The molecule has 0 spiro atoms. The van der Waals surface area contributed by atoms with Crippen molar-refractivity contribution in [2.24, 2.45) is 0 Å². The van der Waals surface area contributed by atoms with Crippen LogP contribution in [0, 0.1) is 0 Å². The summed E-state index contributed by atoms with van der Waals surface area (Å²) in [4.78, 5) is 0. The van der Waals surface area contributed by atoms with Gasteiger partial charge in [-0.05, 0) is 0 Å². The van der Waals surface area contributed by atoms with Gasteiger partial charge >= 0.3 is 9.15 Å². The molecule has 0 aromatic carbocycles. The lowest BCUT2D eigenvalue weighted by Gasteiger charge is -2.22. The fourth-order valence-electron chi connectivity index (χ4n) is 0.472. The van der Waals surface area contributed by atoms with Crippen LogP contribution in [0.2, 0.25) is 0 Å². The van der Waals surface area contributed by atoms with Crippen LogP contribution in [0.15, 0.2) is 0 Å². The Hall–Kier alpha value is 0.220. The van der Waals surface area contributed by atoms with Gasteiger partial charge in [0.2, 0.25) is 0 Å². The predicted octanol–water partition coefficient (Wildman–Crippen LogP) is -0.297. The zero-order valence-corrected chi connectivity index (χ0v) is 6.11. The Balaban J connectivity index is 2.28. The predicted molar refractivity (Wildman–Crippen MR) is 33.1 cm³/mol. The summed E-state index contributed by atoms with van der Waals surface area (Å²) in [5, 5.41) is 8.28. The van der Waals surface area contributed by atoms with Gasteiger partial charge in [0.1, 0.15) is 5.44 Å². The van der Waals surface area contributed by atoms with Crippen molar-refractivity contribution < 1.29 is 17.7 Å². The van der Waals surface area contributed by atoms with Crippen molar-refractivity contribution in [2.75, 3.05) is 6.61 Å². The molecule has 0 radical (unpaired) electrons. The standard InChI is InChI=1S/C3H6O4S2/c4-2-1-3-7-9(5,6)8-3/h3-4H,1-2H2. The van der Waals surface area contributed by atoms with Crippen LogP contribution in [-0.4, -0.2) is 25.6 Å². The summed E-state index contributed by atoms with van der Waals surface area (Å²) in [6.07, 6.45) is 0.379. The van der Waals surface area contributed by atoms with Crippen molar-refractivity contribution in [3.05, 3.63) is 0 Å². The fourth-order valence-corrected chi connectivity index (χ4v) is 2.89. The molecule has 1 rings (SSSR count). The number of aliphatic hydroxyl groups is 1. The van der Waals surface area contributed by atoms with Crippen molar-refractivity contribution in [1.82, 2.24) is 0 Å². The first-order chi connectivity index (χ1) is 4.14. The quantitative estimate of drug-likeness (QED) is 0.576. The highest BCUT2D eigenvalue weighted by atomic mass is 33.2. The molecule has 1 saturated heterocycles. The third-order valence-electron chi connectivity index (χ3n) is 0.815. The lowest BCUT2D eigenvalue weighted by atomic mass is 10.5. The average molecular weight is 170 g/mol. The van der Waals surface area contributed by atoms with E-state index >= 15 is 0 Å². The first-order valence-electron chi connectivity index (χ1n) is 2.36. The molecule has 9 heavy (non-hydrogen) atoms. The summed E-state index contributed by atoms with van der Waals surface area (Å²) in [5.74, 6) is 0. The number of rotatable bonds is 2. The second-order valence-electron chi connectivity index (χ2n) is 1.54. The molecule has 1 aliphatic heterocycles. The van der Waals surface area contributed by atoms with Crippen LogP contribution in [0.5, 0.6) is 0 Å². The summed E-state index contributed by atoms with van der Waals surface area (Å²) in [6, 6.07) is 0. The Morgan fingerprint density at radius 3 is 2.56 bits per heavy atom. The normalized spacial score (nSPS) is 31.4. The van der Waals surface area contributed by atoms with Crippen molar-refractivity contribution in [1.29, 1.82) is 0 Å². The molecule has 0 aromatic heterocycles. The Morgan fingerprint density at radius 1 is 1.67 bits per heavy atom. The Morgan fingerprint density at radius 2 is 2.22 bits per heavy atom. The highest BCUT2D eigenvalue weighted by Gasteiger charge is 2.35. The minimum Gasteiger partial charge on any atom is -0.396 e. The van der Waals surface area contributed by atoms with E-state index in [-0.39, 0.29) is 12.0 Å². The van der Waals surface area contributed by atoms with E-state index in [4.69, 9.17) is 5.11 Å². The molecular formula is C3H6O4S2. The molecule has 0 aliphatic carbocycles. The molecule has 1 N–H and O–H groups in total. The molecule has 0 saturated carbocycles. The molecule has 0 aromatic rings. The minimum atomic E-state index is -3.25. The van der Waals surface area contributed by atoms with E-state index in [0.29, 0.717) is 6.42 Å². The molecule has 1 atom stereocenters. The van der Waals surface area contributed by atoms with Crippen molar-refractivity contribution in [3.63, 3.8) is 0 Å². The van der Waals surface area contributed by atoms with Crippen LogP contribution >= 0.6 is 10.8 Å². The molecule has 6 heteroatoms. The average Bonchev–Trinajstić information content (AvgIpc) is 1.62. The summed E-state index contributed by atoms with van der Waals surface area (Å²) in [5.41, 5.74) is -0.347. The summed E-state index contributed by atoms with van der Waals surface area (Å²) in [7, 11) is -2.50. The van der Waals surface area contributed by atoms with Crippen LogP contribution in [0.4, 0.5) is 0 Å². The molecule has 1 aliphatic rings. The number of aliphatic hydroxyl groups excluding tert-OH is 1. The van der Waals surface area contributed by atoms with Crippen molar-refractivity contribution >= 4 is 19.9 Å². The number of hydrogen-bond acceptors (Lipinski definition) is 5. The van der Waals surface area contributed by atoms with Gasteiger partial charge < -0.3 is 5.11 Å². The minimum absolute atomic E-state index is 0.0345.